The first-order chi connectivity index (χ1) is 15.5. The molecule has 2 aliphatic rings. The van der Waals surface area contributed by atoms with Gasteiger partial charge in [-0.2, -0.15) is 0 Å². The number of para-hydroxylation sites is 1. The summed E-state index contributed by atoms with van der Waals surface area (Å²) in [6.07, 6.45) is 0.888. The number of aryl methyl sites for hydroxylation is 1. The molecule has 0 saturated carbocycles. The van der Waals surface area contributed by atoms with Gasteiger partial charge in [0.05, 0.1) is 13.0 Å². The summed E-state index contributed by atoms with van der Waals surface area (Å²) in [6.45, 7) is 2.31. The molecule has 0 amide bonds. The zero-order valence-corrected chi connectivity index (χ0v) is 17.6. The largest absolute Gasteiger partial charge is 0.492 e. The minimum atomic E-state index is -0.853. The molecule has 1 aliphatic heterocycles. The van der Waals surface area contributed by atoms with Crippen LogP contribution in [0.1, 0.15) is 47.1 Å². The van der Waals surface area contributed by atoms with Crippen LogP contribution in [0.25, 0.3) is 0 Å². The third-order valence-corrected chi connectivity index (χ3v) is 6.12. The average Bonchev–Trinajstić information content (AvgIpc) is 3.36. The van der Waals surface area contributed by atoms with Crippen molar-refractivity contribution in [2.24, 2.45) is 0 Å². The number of hydrogen-bond donors (Lipinski definition) is 1. The number of rotatable bonds is 6. The van der Waals surface area contributed by atoms with Gasteiger partial charge >= 0.3 is 5.97 Å². The zero-order valence-electron chi connectivity index (χ0n) is 17.6. The summed E-state index contributed by atoms with van der Waals surface area (Å²) in [4.78, 5) is 11.0. The van der Waals surface area contributed by atoms with Crippen molar-refractivity contribution in [3.05, 3.63) is 82.7 Å². The van der Waals surface area contributed by atoms with E-state index in [1.165, 1.54) is 6.07 Å². The van der Waals surface area contributed by atoms with E-state index in [0.29, 0.717) is 42.3 Å². The minimum Gasteiger partial charge on any atom is -0.492 e. The number of carbonyl (C=O) groups is 1. The van der Waals surface area contributed by atoms with E-state index < -0.39 is 12.1 Å². The molecule has 5 rings (SSSR count). The van der Waals surface area contributed by atoms with Crippen LogP contribution in [-0.4, -0.2) is 17.7 Å². The number of fused-ring (bicyclic) bond motifs is 2. The Morgan fingerprint density at radius 1 is 1.16 bits per heavy atom. The number of hydrogen-bond acceptors (Lipinski definition) is 4. The SMILES string of the molecule is Cc1ccccc1Oc1ccc(F)c2c1CC[C@H]2Oc1ccc2c(c1)OC[C@H]2CC(=O)O. The quantitative estimate of drug-likeness (QED) is 0.520. The summed E-state index contributed by atoms with van der Waals surface area (Å²) >= 11 is 0. The average molecular weight is 434 g/mol. The molecule has 164 valence electrons. The van der Waals surface area contributed by atoms with Gasteiger partial charge in [0, 0.05) is 28.7 Å². The Bertz CT molecular complexity index is 1190. The highest BCUT2D eigenvalue weighted by atomic mass is 19.1. The van der Waals surface area contributed by atoms with E-state index in [2.05, 4.69) is 0 Å². The Hall–Kier alpha value is -3.54. The summed E-state index contributed by atoms with van der Waals surface area (Å²) in [5.41, 5.74) is 3.24. The fourth-order valence-corrected chi connectivity index (χ4v) is 4.52. The van der Waals surface area contributed by atoms with Crippen LogP contribution in [0.4, 0.5) is 4.39 Å². The van der Waals surface area contributed by atoms with Crippen LogP contribution >= 0.6 is 0 Å². The van der Waals surface area contributed by atoms with Crippen molar-refractivity contribution in [1.29, 1.82) is 0 Å². The maximum atomic E-state index is 14.8. The Balaban J connectivity index is 1.38. The topological polar surface area (TPSA) is 65.0 Å². The molecule has 1 heterocycles. The summed E-state index contributed by atoms with van der Waals surface area (Å²) < 4.78 is 32.8. The number of carboxylic acids is 1. The van der Waals surface area contributed by atoms with Gasteiger partial charge < -0.3 is 19.3 Å². The van der Waals surface area contributed by atoms with Crippen LogP contribution in [0.15, 0.2) is 54.6 Å². The van der Waals surface area contributed by atoms with Crippen molar-refractivity contribution >= 4 is 5.97 Å². The number of benzene rings is 3. The van der Waals surface area contributed by atoms with Gasteiger partial charge in [0.1, 0.15) is 34.9 Å². The normalized spacial score (nSPS) is 18.6. The molecule has 0 saturated heterocycles. The van der Waals surface area contributed by atoms with Crippen molar-refractivity contribution in [3.63, 3.8) is 0 Å². The van der Waals surface area contributed by atoms with Gasteiger partial charge in [-0.3, -0.25) is 4.79 Å². The maximum absolute atomic E-state index is 14.8. The molecule has 0 fully saturated rings. The van der Waals surface area contributed by atoms with Crippen LogP contribution in [0.2, 0.25) is 0 Å². The number of aliphatic carboxylic acids is 1. The Kier molecular flexibility index (Phi) is 5.21. The van der Waals surface area contributed by atoms with Crippen LogP contribution in [0.3, 0.4) is 0 Å². The number of ether oxygens (including phenoxy) is 3. The van der Waals surface area contributed by atoms with Crippen molar-refractivity contribution in [1.82, 2.24) is 0 Å². The van der Waals surface area contributed by atoms with Crippen LogP contribution in [0, 0.1) is 12.7 Å². The van der Waals surface area contributed by atoms with Crippen molar-refractivity contribution in [3.8, 4) is 23.0 Å². The highest BCUT2D eigenvalue weighted by molar-refractivity contribution is 5.68. The fourth-order valence-electron chi connectivity index (χ4n) is 4.52. The van der Waals surface area contributed by atoms with Crippen LogP contribution in [0.5, 0.6) is 23.0 Å². The third kappa shape index (κ3) is 3.77. The molecule has 3 aromatic rings. The molecule has 5 nitrogen and oxygen atoms in total. The van der Waals surface area contributed by atoms with Crippen molar-refractivity contribution in [2.45, 2.75) is 38.2 Å². The molecule has 0 bridgehead atoms. The van der Waals surface area contributed by atoms with Crippen molar-refractivity contribution < 1.29 is 28.5 Å². The van der Waals surface area contributed by atoms with Crippen molar-refractivity contribution in [2.75, 3.05) is 6.61 Å². The molecule has 0 aromatic heterocycles. The van der Waals surface area contributed by atoms with Gasteiger partial charge in [-0.25, -0.2) is 4.39 Å². The number of halogens is 1. The lowest BCUT2D eigenvalue weighted by atomic mass is 9.98. The molecule has 3 aromatic carbocycles. The third-order valence-electron chi connectivity index (χ3n) is 6.12. The molecule has 1 aliphatic carbocycles. The van der Waals surface area contributed by atoms with Gasteiger partial charge in [0.15, 0.2) is 0 Å². The lowest BCUT2D eigenvalue weighted by Crippen LogP contribution is -2.07. The summed E-state index contributed by atoms with van der Waals surface area (Å²) in [5.74, 6) is 1.27. The molecule has 32 heavy (non-hydrogen) atoms. The molecule has 2 atom stereocenters. The van der Waals surface area contributed by atoms with Gasteiger partial charge in [-0.15, -0.1) is 0 Å². The molecular weight excluding hydrogens is 411 g/mol. The van der Waals surface area contributed by atoms with Gasteiger partial charge in [-0.1, -0.05) is 24.3 Å². The maximum Gasteiger partial charge on any atom is 0.304 e. The van der Waals surface area contributed by atoms with E-state index in [1.807, 2.05) is 37.3 Å². The van der Waals surface area contributed by atoms with Crippen LogP contribution in [-0.2, 0) is 11.2 Å². The second kappa shape index (κ2) is 8.19. The van der Waals surface area contributed by atoms with E-state index in [9.17, 15) is 9.18 Å². The van der Waals surface area contributed by atoms with E-state index in [1.54, 1.807) is 18.2 Å². The van der Waals surface area contributed by atoms with Crippen LogP contribution < -0.4 is 14.2 Å². The van der Waals surface area contributed by atoms with E-state index in [0.717, 1.165) is 22.4 Å². The molecule has 6 heteroatoms. The molecule has 0 unspecified atom stereocenters. The molecule has 1 N–H and O–H groups in total. The standard InChI is InChI=1S/C26H23FO5/c1-15-4-2-3-5-21(15)32-22-11-9-20(27)26-19(22)8-10-23(26)31-17-6-7-18-16(12-25(28)29)14-30-24(18)13-17/h2-7,9,11,13,16,23H,8,10,12,14H2,1H3,(H,28,29)/t16-,23-/m1/s1. The smallest absolute Gasteiger partial charge is 0.304 e. The predicted octanol–water partition coefficient (Wildman–Crippen LogP) is 5.94. The Morgan fingerprint density at radius 2 is 2.00 bits per heavy atom. The first-order valence-electron chi connectivity index (χ1n) is 10.7. The first kappa shape index (κ1) is 20.4. The Labute approximate surface area is 185 Å². The fraction of sp³-hybridized carbons (Fsp3) is 0.269. The highest BCUT2D eigenvalue weighted by Crippen LogP contribution is 2.44. The minimum absolute atomic E-state index is 0.0259. The molecule has 0 radical (unpaired) electrons. The summed E-state index contributed by atoms with van der Waals surface area (Å²) in [5, 5.41) is 9.07. The van der Waals surface area contributed by atoms with E-state index in [-0.39, 0.29) is 18.2 Å². The predicted molar refractivity (Wildman–Crippen MR) is 116 cm³/mol. The number of carboxylic acid groups (broad SMARTS) is 1. The van der Waals surface area contributed by atoms with Gasteiger partial charge in [-0.05, 0) is 49.6 Å². The first-order valence-corrected chi connectivity index (χ1v) is 10.7. The second-order valence-corrected chi connectivity index (χ2v) is 8.26. The molecular formula is C26H23FO5. The lowest BCUT2D eigenvalue weighted by Gasteiger charge is -2.17. The second-order valence-electron chi connectivity index (χ2n) is 8.26. The van der Waals surface area contributed by atoms with Gasteiger partial charge in [0.25, 0.3) is 0 Å². The lowest BCUT2D eigenvalue weighted by molar-refractivity contribution is -0.137. The van der Waals surface area contributed by atoms with E-state index in [4.69, 9.17) is 19.3 Å². The van der Waals surface area contributed by atoms with E-state index >= 15 is 0 Å². The highest BCUT2D eigenvalue weighted by Gasteiger charge is 2.32. The van der Waals surface area contributed by atoms with Gasteiger partial charge in [0.2, 0.25) is 0 Å². The molecule has 0 spiro atoms. The summed E-state index contributed by atoms with van der Waals surface area (Å²) in [6, 6.07) is 16.2. The Morgan fingerprint density at radius 3 is 2.81 bits per heavy atom. The monoisotopic (exact) mass is 434 g/mol. The summed E-state index contributed by atoms with van der Waals surface area (Å²) in [7, 11) is 0. The zero-order chi connectivity index (χ0) is 22.2.